The number of likely N-dealkylation sites (tertiary alicyclic amines) is 1. The number of methoxy groups -OCH3 is 1. The topological polar surface area (TPSA) is 135 Å². The summed E-state index contributed by atoms with van der Waals surface area (Å²) in [6.07, 6.45) is 6.16. The Hall–Kier alpha value is -3.54. The Kier molecular flexibility index (Phi) is 13.4. The van der Waals surface area contributed by atoms with Crippen molar-refractivity contribution in [2.45, 2.75) is 101 Å². The zero-order valence-corrected chi connectivity index (χ0v) is 28.7. The minimum Gasteiger partial charge on any atom is -0.455 e. The molecule has 0 aliphatic carbocycles. The maximum atomic E-state index is 14.5. The molecule has 3 saturated heterocycles. The van der Waals surface area contributed by atoms with E-state index in [-0.39, 0.29) is 49.9 Å². The van der Waals surface area contributed by atoms with Crippen LogP contribution in [0.3, 0.4) is 0 Å². The summed E-state index contributed by atoms with van der Waals surface area (Å²) >= 11 is 0. The average Bonchev–Trinajstić information content (AvgIpc) is 3.72. The van der Waals surface area contributed by atoms with Crippen molar-refractivity contribution >= 4 is 23.7 Å². The predicted molar refractivity (Wildman–Crippen MR) is 180 cm³/mol. The summed E-state index contributed by atoms with van der Waals surface area (Å²) in [5.41, 5.74) is -0.516. The number of rotatable bonds is 20. The van der Waals surface area contributed by atoms with E-state index in [9.17, 15) is 24.3 Å². The molecule has 3 aliphatic heterocycles. The van der Waals surface area contributed by atoms with Crippen LogP contribution in [-0.4, -0.2) is 102 Å². The Morgan fingerprint density at radius 1 is 1.21 bits per heavy atom. The lowest BCUT2D eigenvalue weighted by atomic mass is 9.70. The number of nitrogens with zero attached hydrogens (tertiary/aromatic N) is 2. The summed E-state index contributed by atoms with van der Waals surface area (Å²) in [6.45, 7) is 12.2. The quantitative estimate of drug-likeness (QED) is 0.122. The van der Waals surface area contributed by atoms with E-state index in [1.165, 1.54) is 7.11 Å². The summed E-state index contributed by atoms with van der Waals surface area (Å²) in [7, 11) is 1.51. The molecule has 3 heterocycles. The number of benzene rings is 1. The molecular weight excluding hydrogens is 614 g/mol. The molecule has 3 amide bonds. The molecular formula is C37H53N3O8. The molecule has 3 fully saturated rings. The van der Waals surface area contributed by atoms with Crippen LogP contribution in [0, 0.1) is 11.8 Å². The third-order valence-corrected chi connectivity index (χ3v) is 9.97. The van der Waals surface area contributed by atoms with Gasteiger partial charge in [0.1, 0.15) is 17.7 Å². The van der Waals surface area contributed by atoms with Crippen LogP contribution >= 0.6 is 0 Å². The number of carbonyl (C=O) groups excluding carboxylic acids is 4. The highest BCUT2D eigenvalue weighted by Gasteiger charge is 2.75. The number of hydrogen-bond donors (Lipinski definition) is 2. The second-order valence-corrected chi connectivity index (χ2v) is 13.2. The lowest BCUT2D eigenvalue weighted by Crippen LogP contribution is -2.58. The lowest BCUT2D eigenvalue weighted by molar-refractivity contribution is -0.163. The van der Waals surface area contributed by atoms with Gasteiger partial charge in [-0.3, -0.25) is 19.2 Å². The van der Waals surface area contributed by atoms with Gasteiger partial charge in [-0.25, -0.2) is 0 Å². The van der Waals surface area contributed by atoms with Gasteiger partial charge >= 0.3 is 5.97 Å². The number of esters is 1. The number of aliphatic hydroxyl groups is 1. The summed E-state index contributed by atoms with van der Waals surface area (Å²) in [4.78, 5) is 59.5. The van der Waals surface area contributed by atoms with Crippen LogP contribution in [0.25, 0.3) is 0 Å². The van der Waals surface area contributed by atoms with Crippen molar-refractivity contribution in [3.05, 3.63) is 61.2 Å². The summed E-state index contributed by atoms with van der Waals surface area (Å²) in [5, 5.41) is 12.5. The smallest absolute Gasteiger partial charge is 0.313 e. The largest absolute Gasteiger partial charge is 0.455 e. The van der Waals surface area contributed by atoms with E-state index in [1.807, 2.05) is 37.3 Å². The summed E-state index contributed by atoms with van der Waals surface area (Å²) in [5.74, 6) is -3.20. The molecule has 1 aromatic rings. The van der Waals surface area contributed by atoms with Crippen molar-refractivity contribution in [3.63, 3.8) is 0 Å². The van der Waals surface area contributed by atoms with E-state index < -0.39 is 47.7 Å². The van der Waals surface area contributed by atoms with Crippen molar-refractivity contribution in [2.24, 2.45) is 11.8 Å². The van der Waals surface area contributed by atoms with Gasteiger partial charge in [-0.15, -0.1) is 13.2 Å². The molecule has 264 valence electrons. The minimum atomic E-state index is -1.18. The third-order valence-electron chi connectivity index (χ3n) is 9.97. The minimum absolute atomic E-state index is 0.0352. The van der Waals surface area contributed by atoms with E-state index >= 15 is 0 Å². The highest BCUT2D eigenvalue weighted by atomic mass is 16.6. The maximum absolute atomic E-state index is 14.5. The second-order valence-electron chi connectivity index (χ2n) is 13.2. The van der Waals surface area contributed by atoms with Crippen LogP contribution in [0.4, 0.5) is 0 Å². The third kappa shape index (κ3) is 7.68. The summed E-state index contributed by atoms with van der Waals surface area (Å²) in [6, 6.07) is 7.43. The molecule has 0 radical (unpaired) electrons. The van der Waals surface area contributed by atoms with Gasteiger partial charge in [0.15, 0.2) is 0 Å². The van der Waals surface area contributed by atoms with Crippen molar-refractivity contribution < 1.29 is 38.5 Å². The van der Waals surface area contributed by atoms with Crippen LogP contribution in [-0.2, 0) is 33.4 Å². The molecule has 1 unspecified atom stereocenters. The fourth-order valence-electron chi connectivity index (χ4n) is 7.82. The van der Waals surface area contributed by atoms with Gasteiger partial charge in [0.2, 0.25) is 17.7 Å². The van der Waals surface area contributed by atoms with E-state index in [1.54, 1.807) is 22.0 Å². The lowest BCUT2D eigenvalue weighted by Gasteiger charge is -2.39. The standard InChI is InChI=1S/C37H53N3O8/c1-6-9-18-29(42)38-27(24-46-5)32(26-16-11-10-12-17-26)47-36(45)30-28-19-20-37(48-28)31(30)34(43)40(22-13-14-23-41)33(37)35(44)39(21-8-3)25(4)15-7-2/h6,8,10-12,16-17,25,27-28,30-33,41H,1,3,7,9,13-15,18-24H2,2,4-5H3,(H,38,42)/t25?,27-,28+,30-,31-,32-,33+,37-/m0/s1. The van der Waals surface area contributed by atoms with E-state index in [4.69, 9.17) is 14.2 Å². The van der Waals surface area contributed by atoms with Crippen LogP contribution in [0.5, 0.6) is 0 Å². The van der Waals surface area contributed by atoms with E-state index in [0.29, 0.717) is 44.2 Å². The SMILES string of the molecule is C=CCCC(=O)N[C@@H](COC)[C@@H](OC(=O)[C@@H]1[C@H]2C(=O)N(CCCCO)[C@H](C(=O)N(CC=C)C(C)CCC)[C@]23CC[C@H]1O3)c1ccccc1. The normalized spacial score (nSPS) is 26.0. The van der Waals surface area contributed by atoms with Gasteiger partial charge in [0.25, 0.3) is 0 Å². The Labute approximate surface area is 284 Å². The molecule has 11 heteroatoms. The molecule has 0 aromatic heterocycles. The van der Waals surface area contributed by atoms with Crippen molar-refractivity contribution in [1.82, 2.24) is 15.1 Å². The number of hydrogen-bond acceptors (Lipinski definition) is 8. The maximum Gasteiger partial charge on any atom is 0.313 e. The van der Waals surface area contributed by atoms with Gasteiger partial charge in [-0.2, -0.15) is 0 Å². The number of ether oxygens (including phenoxy) is 3. The fourth-order valence-corrected chi connectivity index (χ4v) is 7.82. The molecule has 11 nitrogen and oxygen atoms in total. The van der Waals surface area contributed by atoms with Gasteiger partial charge in [-0.05, 0) is 51.0 Å². The molecule has 1 spiro atoms. The number of nitrogens with one attached hydrogen (secondary N) is 1. The predicted octanol–water partition coefficient (Wildman–Crippen LogP) is 3.72. The Bertz CT molecular complexity index is 1290. The first-order valence-corrected chi connectivity index (χ1v) is 17.3. The Morgan fingerprint density at radius 3 is 2.60 bits per heavy atom. The Balaban J connectivity index is 1.68. The average molecular weight is 668 g/mol. The number of carbonyl (C=O) groups is 4. The highest BCUT2D eigenvalue weighted by molar-refractivity contribution is 5.98. The molecule has 48 heavy (non-hydrogen) atoms. The number of amides is 3. The summed E-state index contributed by atoms with van der Waals surface area (Å²) < 4.78 is 18.4. The zero-order valence-electron chi connectivity index (χ0n) is 28.7. The first-order chi connectivity index (χ1) is 23.2. The molecule has 4 rings (SSSR count). The molecule has 3 aliphatic rings. The highest BCUT2D eigenvalue weighted by Crippen LogP contribution is 2.59. The number of unbranched alkanes of at least 4 members (excludes halogenated alkanes) is 1. The van der Waals surface area contributed by atoms with Gasteiger partial charge in [-0.1, -0.05) is 55.8 Å². The van der Waals surface area contributed by atoms with Gasteiger partial charge in [0.05, 0.1) is 30.6 Å². The van der Waals surface area contributed by atoms with Crippen molar-refractivity contribution in [1.29, 1.82) is 0 Å². The fraction of sp³-hybridized carbons (Fsp3) is 0.622. The van der Waals surface area contributed by atoms with Gasteiger partial charge in [0, 0.05) is 39.3 Å². The Morgan fingerprint density at radius 2 is 1.96 bits per heavy atom. The first-order valence-electron chi connectivity index (χ1n) is 17.3. The van der Waals surface area contributed by atoms with Crippen LogP contribution in [0.1, 0.15) is 76.9 Å². The first kappa shape index (κ1) is 37.3. The van der Waals surface area contributed by atoms with Gasteiger partial charge < -0.3 is 34.4 Å². The number of aliphatic hydroxyl groups excluding tert-OH is 1. The zero-order chi connectivity index (χ0) is 34.8. The molecule has 8 atom stereocenters. The molecule has 2 bridgehead atoms. The molecule has 2 N–H and O–H groups in total. The second kappa shape index (κ2) is 17.2. The van der Waals surface area contributed by atoms with Crippen LogP contribution in [0.15, 0.2) is 55.6 Å². The molecule has 1 aromatic carbocycles. The van der Waals surface area contributed by atoms with Crippen LogP contribution in [0.2, 0.25) is 0 Å². The van der Waals surface area contributed by atoms with E-state index in [2.05, 4.69) is 25.4 Å². The van der Waals surface area contributed by atoms with Crippen LogP contribution < -0.4 is 5.32 Å². The number of fused-ring (bicyclic) bond motifs is 1. The number of allylic oxidation sites excluding steroid dienone is 1. The van der Waals surface area contributed by atoms with Crippen molar-refractivity contribution in [2.75, 3.05) is 33.4 Å². The van der Waals surface area contributed by atoms with Crippen molar-refractivity contribution in [3.8, 4) is 0 Å². The molecule has 0 saturated carbocycles. The van der Waals surface area contributed by atoms with E-state index in [0.717, 1.165) is 12.8 Å². The monoisotopic (exact) mass is 667 g/mol.